The van der Waals surface area contributed by atoms with Crippen LogP contribution in [0.25, 0.3) is 0 Å². The Morgan fingerprint density at radius 2 is 2.00 bits per heavy atom. The Hall–Kier alpha value is 0.537. The minimum absolute atomic E-state index is 0.127. The third-order valence-corrected chi connectivity index (χ3v) is 3.16. The molecule has 0 saturated heterocycles. The second-order valence-corrected chi connectivity index (χ2v) is 5.64. The van der Waals surface area contributed by atoms with E-state index >= 15 is 0 Å². The second-order valence-electron chi connectivity index (χ2n) is 2.12. The van der Waals surface area contributed by atoms with Crippen LogP contribution in [0.2, 0.25) is 5.54 Å². The molecule has 0 aliphatic heterocycles. The molecular weight excluding hydrogens is 159 g/mol. The van der Waals surface area contributed by atoms with E-state index in [1.807, 2.05) is 5.70 Å². The molecule has 0 unspecified atom stereocenters. The van der Waals surface area contributed by atoms with Gasteiger partial charge in [0.15, 0.2) is 0 Å². The Labute approximate surface area is 62.7 Å². The first-order chi connectivity index (χ1) is 3.63. The smallest absolute Gasteiger partial charge is 0.0717 e. The largest absolute Gasteiger partial charge is 0.0980 e. The predicted octanol–water partition coefficient (Wildman–Crippen LogP) is 2.26. The van der Waals surface area contributed by atoms with Gasteiger partial charge in [0.25, 0.3) is 0 Å². The van der Waals surface area contributed by atoms with E-state index in [-0.39, 0.29) is 9.52 Å². The van der Waals surface area contributed by atoms with Crippen LogP contribution in [0.4, 0.5) is 0 Å². The molecule has 0 radical (unpaired) electrons. The zero-order valence-electron chi connectivity index (χ0n) is 5.12. The van der Waals surface area contributed by atoms with E-state index in [2.05, 4.69) is 13.8 Å². The Kier molecular flexibility index (Phi) is 4.72. The van der Waals surface area contributed by atoms with Crippen molar-refractivity contribution in [1.82, 2.24) is 0 Å². The van der Waals surface area contributed by atoms with Gasteiger partial charge in [-0.05, 0) is 0 Å². The van der Waals surface area contributed by atoms with Crippen LogP contribution in [0.1, 0.15) is 13.8 Å². The lowest BCUT2D eigenvalue weighted by atomic mass is 10.6. The SMILES string of the molecule is CC(C)[SiH2]C=C(Cl)Cl. The normalized spacial score (nSPS) is 11.1. The molecule has 3 heteroatoms. The maximum Gasteiger partial charge on any atom is 0.0980 e. The van der Waals surface area contributed by atoms with Crippen LogP contribution in [0, 0.1) is 0 Å². The van der Waals surface area contributed by atoms with E-state index in [1.54, 1.807) is 0 Å². The molecule has 0 saturated carbocycles. The molecular formula is C5H10Cl2Si. The van der Waals surface area contributed by atoms with Gasteiger partial charge in [0, 0.05) is 0 Å². The van der Waals surface area contributed by atoms with Gasteiger partial charge in [0.05, 0.1) is 14.0 Å². The highest BCUT2D eigenvalue weighted by Gasteiger charge is 1.90. The van der Waals surface area contributed by atoms with Crippen molar-refractivity contribution < 1.29 is 0 Å². The quantitative estimate of drug-likeness (QED) is 0.556. The molecule has 0 aromatic carbocycles. The van der Waals surface area contributed by atoms with Crippen LogP contribution < -0.4 is 0 Å². The van der Waals surface area contributed by atoms with Crippen LogP contribution in [-0.2, 0) is 0 Å². The van der Waals surface area contributed by atoms with Crippen LogP contribution in [0.3, 0.4) is 0 Å². The van der Waals surface area contributed by atoms with Crippen LogP contribution in [0.15, 0.2) is 10.2 Å². The Balaban J connectivity index is 3.29. The van der Waals surface area contributed by atoms with E-state index in [1.165, 1.54) is 0 Å². The molecule has 0 N–H and O–H groups in total. The molecule has 0 rings (SSSR count). The third-order valence-electron chi connectivity index (χ3n) is 0.744. The van der Waals surface area contributed by atoms with E-state index in [0.717, 1.165) is 5.54 Å². The van der Waals surface area contributed by atoms with Gasteiger partial charge >= 0.3 is 0 Å². The molecule has 0 heterocycles. The third kappa shape index (κ3) is 6.54. The van der Waals surface area contributed by atoms with Gasteiger partial charge in [-0.15, -0.1) is 0 Å². The first-order valence-electron chi connectivity index (χ1n) is 2.64. The number of hydrogen-bond donors (Lipinski definition) is 0. The van der Waals surface area contributed by atoms with Crippen molar-refractivity contribution in [2.24, 2.45) is 0 Å². The molecule has 0 nitrogen and oxygen atoms in total. The van der Waals surface area contributed by atoms with Gasteiger partial charge in [-0.25, -0.2) is 0 Å². The Morgan fingerprint density at radius 3 is 2.12 bits per heavy atom. The summed E-state index contributed by atoms with van der Waals surface area (Å²) in [6.45, 7) is 4.36. The molecule has 0 aliphatic rings. The van der Waals surface area contributed by atoms with Crippen molar-refractivity contribution in [3.05, 3.63) is 10.2 Å². The minimum Gasteiger partial charge on any atom is -0.0717 e. The van der Waals surface area contributed by atoms with Gasteiger partial charge in [0.1, 0.15) is 0 Å². The van der Waals surface area contributed by atoms with Crippen molar-refractivity contribution in [3.8, 4) is 0 Å². The van der Waals surface area contributed by atoms with Gasteiger partial charge in [-0.1, -0.05) is 48.3 Å². The van der Waals surface area contributed by atoms with E-state index in [4.69, 9.17) is 23.2 Å². The van der Waals surface area contributed by atoms with Gasteiger partial charge in [-0.3, -0.25) is 0 Å². The average Bonchev–Trinajstić information content (AvgIpc) is 1.61. The molecule has 0 aromatic heterocycles. The fraction of sp³-hybridized carbons (Fsp3) is 0.600. The minimum atomic E-state index is -0.127. The zero-order valence-corrected chi connectivity index (χ0v) is 8.04. The second kappa shape index (κ2) is 4.42. The number of rotatable bonds is 2. The molecule has 48 valence electrons. The lowest BCUT2D eigenvalue weighted by Gasteiger charge is -1.93. The lowest BCUT2D eigenvalue weighted by molar-refractivity contribution is 1.07. The summed E-state index contributed by atoms with van der Waals surface area (Å²) >= 11 is 10.8. The van der Waals surface area contributed by atoms with Gasteiger partial charge in [0.2, 0.25) is 0 Å². The summed E-state index contributed by atoms with van der Waals surface area (Å²) in [5, 5.41) is 0. The summed E-state index contributed by atoms with van der Waals surface area (Å²) in [6.07, 6.45) is 0. The number of halogens is 2. The summed E-state index contributed by atoms with van der Waals surface area (Å²) in [7, 11) is -0.127. The van der Waals surface area contributed by atoms with Crippen molar-refractivity contribution >= 4 is 32.7 Å². The maximum atomic E-state index is 5.38. The van der Waals surface area contributed by atoms with Crippen LogP contribution in [-0.4, -0.2) is 9.52 Å². The summed E-state index contributed by atoms with van der Waals surface area (Å²) in [4.78, 5) is 0. The van der Waals surface area contributed by atoms with Crippen molar-refractivity contribution in [3.63, 3.8) is 0 Å². The van der Waals surface area contributed by atoms with Crippen molar-refractivity contribution in [2.75, 3.05) is 0 Å². The molecule has 0 aromatic rings. The maximum absolute atomic E-state index is 5.38. The van der Waals surface area contributed by atoms with Gasteiger partial charge in [-0.2, -0.15) is 0 Å². The Morgan fingerprint density at radius 1 is 1.50 bits per heavy atom. The summed E-state index contributed by atoms with van der Waals surface area (Å²) in [6, 6.07) is 0. The van der Waals surface area contributed by atoms with Gasteiger partial charge < -0.3 is 0 Å². The van der Waals surface area contributed by atoms with E-state index in [0.29, 0.717) is 4.49 Å². The van der Waals surface area contributed by atoms with Crippen molar-refractivity contribution in [2.45, 2.75) is 19.4 Å². The molecule has 8 heavy (non-hydrogen) atoms. The monoisotopic (exact) mass is 168 g/mol. The number of hydrogen-bond acceptors (Lipinski definition) is 0. The van der Waals surface area contributed by atoms with E-state index < -0.39 is 0 Å². The molecule has 0 atom stereocenters. The lowest BCUT2D eigenvalue weighted by Crippen LogP contribution is -1.88. The predicted molar refractivity (Wildman–Crippen MR) is 43.4 cm³/mol. The molecule has 0 aliphatic carbocycles. The summed E-state index contributed by atoms with van der Waals surface area (Å²) < 4.78 is 0.436. The van der Waals surface area contributed by atoms with Crippen LogP contribution in [0.5, 0.6) is 0 Å². The molecule has 0 fully saturated rings. The molecule has 0 amide bonds. The highest BCUT2D eigenvalue weighted by molar-refractivity contribution is 6.60. The Bertz CT molecular complexity index is 84.4. The molecule has 0 spiro atoms. The van der Waals surface area contributed by atoms with E-state index in [9.17, 15) is 0 Å². The fourth-order valence-electron chi connectivity index (χ4n) is 0.325. The summed E-state index contributed by atoms with van der Waals surface area (Å²) in [5.74, 6) is 0. The standard InChI is InChI=1S/C5H10Cl2Si/c1-4(2)8-3-5(6)7/h3-4H,8H2,1-2H3. The first kappa shape index (κ1) is 8.54. The first-order valence-corrected chi connectivity index (χ1v) is 5.03. The summed E-state index contributed by atoms with van der Waals surface area (Å²) in [5.41, 5.74) is 2.73. The molecule has 0 bridgehead atoms. The highest BCUT2D eigenvalue weighted by atomic mass is 35.5. The zero-order chi connectivity index (χ0) is 6.57. The topological polar surface area (TPSA) is 0 Å². The highest BCUT2D eigenvalue weighted by Crippen LogP contribution is 2.07. The fourth-order valence-corrected chi connectivity index (χ4v) is 1.51. The van der Waals surface area contributed by atoms with Crippen molar-refractivity contribution in [1.29, 1.82) is 0 Å². The van der Waals surface area contributed by atoms with Crippen LogP contribution >= 0.6 is 23.2 Å². The average molecular weight is 169 g/mol.